The molecule has 16 rings (SSSR count). The lowest BCUT2D eigenvalue weighted by molar-refractivity contribution is 0.657. The summed E-state index contributed by atoms with van der Waals surface area (Å²) in [6, 6.07) is 60.7. The van der Waals surface area contributed by atoms with E-state index in [-0.39, 0.29) is 0 Å². The smallest absolute Gasteiger partial charge is 0.0630 e. The van der Waals surface area contributed by atoms with Crippen molar-refractivity contribution in [2.24, 2.45) is 28.2 Å². The van der Waals surface area contributed by atoms with Gasteiger partial charge in [0.25, 0.3) is 0 Å². The van der Waals surface area contributed by atoms with E-state index in [1.54, 1.807) is 0 Å². The van der Waals surface area contributed by atoms with Crippen LogP contribution >= 0.6 is 127 Å². The van der Waals surface area contributed by atoms with Gasteiger partial charge >= 0.3 is 0 Å². The van der Waals surface area contributed by atoms with Crippen LogP contribution in [0.25, 0.3) is 88.6 Å². The van der Waals surface area contributed by atoms with Crippen molar-refractivity contribution in [1.82, 2.24) is 18.3 Å². The zero-order chi connectivity index (χ0) is 66.7. The number of aromatic nitrogens is 4. The topological polar surface area (TPSA) is 19.7 Å². The van der Waals surface area contributed by atoms with Crippen molar-refractivity contribution >= 4 is 171 Å². The minimum Gasteiger partial charge on any atom is -0.342 e. The highest BCUT2D eigenvalue weighted by Gasteiger charge is 2.30. The van der Waals surface area contributed by atoms with Crippen LogP contribution in [-0.2, 0) is 28.2 Å². The quantitative estimate of drug-likeness (QED) is 0.135. The Morgan fingerprint density at radius 1 is 0.271 bits per heavy atom. The first-order chi connectivity index (χ1) is 46.7. The largest absolute Gasteiger partial charge is 0.342 e. The standard InChI is InChI=1S/4C21H19Br2N/c4*1-24-20(15-10-6-3-7-11-15)19(14-8-4-2-5-9-14)17-12-16(22)13-18(23)21(17)24/h4*3-4,6-8,10-14H,2,5,9H2,1H3/t4*14-/m1111/s1. The molecule has 0 amide bonds. The predicted octanol–water partition coefficient (Wildman–Crippen LogP) is 28.8. The van der Waals surface area contributed by atoms with Gasteiger partial charge in [0.1, 0.15) is 0 Å². The van der Waals surface area contributed by atoms with Crippen molar-refractivity contribution in [3.05, 3.63) is 277 Å². The van der Waals surface area contributed by atoms with E-state index in [2.05, 4.69) is 392 Å². The first-order valence-corrected chi connectivity index (χ1v) is 39.8. The molecule has 0 saturated heterocycles. The number of allylic oxidation sites excluding steroid dienone is 8. The number of benzene rings is 8. The molecule has 4 aliphatic carbocycles. The predicted molar refractivity (Wildman–Crippen MR) is 438 cm³/mol. The Hall–Kier alpha value is -5.28. The van der Waals surface area contributed by atoms with Crippen LogP contribution < -0.4 is 0 Å². The summed E-state index contributed by atoms with van der Waals surface area (Å²) in [5, 5.41) is 5.37. The summed E-state index contributed by atoms with van der Waals surface area (Å²) in [7, 11) is 8.72. The third-order valence-corrected chi connectivity index (χ3v) is 23.9. The number of aryl methyl sites for hydroxylation is 4. The van der Waals surface area contributed by atoms with Crippen LogP contribution in [0.2, 0.25) is 0 Å². The van der Waals surface area contributed by atoms with Crippen LogP contribution in [0.5, 0.6) is 0 Å². The lowest BCUT2D eigenvalue weighted by Crippen LogP contribution is -2.02. The van der Waals surface area contributed by atoms with Crippen LogP contribution in [0.1, 0.15) is 123 Å². The molecular weight excluding hydrogens is 1700 g/mol. The molecule has 4 aromatic heterocycles. The molecule has 0 saturated carbocycles. The Labute approximate surface area is 633 Å². The van der Waals surface area contributed by atoms with Gasteiger partial charge in [0.2, 0.25) is 0 Å². The average molecular weight is 1780 g/mol. The summed E-state index contributed by atoms with van der Waals surface area (Å²) in [5.74, 6) is 1.94. The molecule has 488 valence electrons. The Balaban J connectivity index is 0.000000116. The van der Waals surface area contributed by atoms with Gasteiger partial charge in [-0.05, 0) is 234 Å². The van der Waals surface area contributed by atoms with Crippen LogP contribution in [0.4, 0.5) is 0 Å². The van der Waals surface area contributed by atoms with E-state index >= 15 is 0 Å². The molecule has 0 unspecified atom stereocenters. The number of halogens is 8. The molecular formula is C84H76Br8N4. The van der Waals surface area contributed by atoms with Crippen LogP contribution in [0, 0.1) is 0 Å². The second-order valence-corrected chi connectivity index (χ2v) is 32.8. The Bertz CT molecular complexity index is 4310. The fraction of sp³-hybridized carbons (Fsp3) is 0.238. The van der Waals surface area contributed by atoms with Gasteiger partial charge in [-0.3, -0.25) is 0 Å². The van der Waals surface area contributed by atoms with E-state index in [4.69, 9.17) is 0 Å². The second kappa shape index (κ2) is 31.1. The minimum absolute atomic E-state index is 0.485. The lowest BCUT2D eigenvalue weighted by Gasteiger charge is -2.19. The Morgan fingerprint density at radius 3 is 0.646 bits per heavy atom. The molecule has 4 atom stereocenters. The van der Waals surface area contributed by atoms with Crippen molar-refractivity contribution in [1.29, 1.82) is 0 Å². The molecule has 12 heteroatoms. The van der Waals surface area contributed by atoms with Crippen molar-refractivity contribution in [2.45, 2.75) is 101 Å². The van der Waals surface area contributed by atoms with E-state index in [9.17, 15) is 0 Å². The molecule has 4 heterocycles. The zero-order valence-corrected chi connectivity index (χ0v) is 67.1. The number of hydrogen-bond acceptors (Lipinski definition) is 0. The van der Waals surface area contributed by atoms with Gasteiger partial charge in [-0.15, -0.1) is 0 Å². The fourth-order valence-corrected chi connectivity index (χ4v) is 21.6. The summed E-state index contributed by atoms with van der Waals surface area (Å²) < 4.78 is 18.4. The van der Waals surface area contributed by atoms with E-state index in [1.807, 2.05) is 0 Å². The maximum atomic E-state index is 3.77. The van der Waals surface area contributed by atoms with Crippen molar-refractivity contribution in [3.8, 4) is 45.0 Å². The second-order valence-electron chi connectivity index (χ2n) is 25.7. The number of hydrogen-bond donors (Lipinski definition) is 0. The molecule has 12 aromatic rings. The number of rotatable bonds is 8. The molecule has 96 heavy (non-hydrogen) atoms. The third-order valence-electron chi connectivity index (χ3n) is 19.7. The van der Waals surface area contributed by atoms with Gasteiger partial charge in [0.05, 0.1) is 44.8 Å². The van der Waals surface area contributed by atoms with Crippen LogP contribution in [-0.4, -0.2) is 18.3 Å². The molecule has 0 spiro atoms. The van der Waals surface area contributed by atoms with Gasteiger partial charge < -0.3 is 18.3 Å². The van der Waals surface area contributed by atoms with Gasteiger partial charge in [-0.1, -0.05) is 234 Å². The molecule has 4 aliphatic rings. The Kier molecular flexibility index (Phi) is 22.4. The van der Waals surface area contributed by atoms with Gasteiger partial charge in [0, 0.05) is 109 Å². The highest BCUT2D eigenvalue weighted by Crippen LogP contribution is 2.50. The van der Waals surface area contributed by atoms with E-state index in [1.165, 1.54) is 188 Å². The highest BCUT2D eigenvalue weighted by molar-refractivity contribution is 9.12. The van der Waals surface area contributed by atoms with Crippen molar-refractivity contribution in [2.75, 3.05) is 0 Å². The van der Waals surface area contributed by atoms with Crippen molar-refractivity contribution < 1.29 is 0 Å². The fourth-order valence-electron chi connectivity index (χ4n) is 15.6. The van der Waals surface area contributed by atoms with Gasteiger partial charge in [0.15, 0.2) is 0 Å². The number of fused-ring (bicyclic) bond motifs is 4. The average Bonchev–Trinajstić information content (AvgIpc) is 1.62. The first-order valence-electron chi connectivity index (χ1n) is 33.4. The Morgan fingerprint density at radius 2 is 0.469 bits per heavy atom. The van der Waals surface area contributed by atoms with Gasteiger partial charge in [-0.25, -0.2) is 0 Å². The lowest BCUT2D eigenvalue weighted by atomic mass is 9.86. The zero-order valence-electron chi connectivity index (χ0n) is 54.4. The molecule has 0 bridgehead atoms. The maximum Gasteiger partial charge on any atom is 0.0630 e. The van der Waals surface area contributed by atoms with Crippen LogP contribution in [0.3, 0.4) is 0 Å². The van der Waals surface area contributed by atoms with E-state index < -0.39 is 0 Å². The summed E-state index contributed by atoms with van der Waals surface area (Å²) in [6.45, 7) is 0. The van der Waals surface area contributed by atoms with Crippen molar-refractivity contribution in [3.63, 3.8) is 0 Å². The SMILES string of the molecule is Cn1c(-c2ccccc2)c([C@@H]2C=CCCC2)c2cc(Br)cc(Br)c21.Cn1c(-c2ccccc2)c([C@@H]2C=CCCC2)c2cc(Br)cc(Br)c21.Cn1c(-c2ccccc2)c([C@@H]2C=CCCC2)c2cc(Br)cc(Br)c21.Cn1c(-c2ccccc2)c([C@@H]2C=CCCC2)c2cc(Br)cc(Br)c21. The number of nitrogens with zero attached hydrogens (tertiary/aromatic N) is 4. The first kappa shape index (κ1) is 69.2. The summed E-state index contributed by atoms with van der Waals surface area (Å²) in [5.41, 5.74) is 21.4. The van der Waals surface area contributed by atoms with E-state index in [0.29, 0.717) is 23.7 Å². The maximum absolute atomic E-state index is 3.77. The summed E-state index contributed by atoms with van der Waals surface area (Å²) >= 11 is 29.8. The molecule has 0 N–H and O–H groups in total. The summed E-state index contributed by atoms with van der Waals surface area (Å²) in [6.07, 6.45) is 33.7. The molecule has 4 nitrogen and oxygen atoms in total. The third kappa shape index (κ3) is 14.3. The van der Waals surface area contributed by atoms with Crippen LogP contribution in [0.15, 0.2) is 254 Å². The van der Waals surface area contributed by atoms with E-state index in [0.717, 1.165) is 35.8 Å². The highest BCUT2D eigenvalue weighted by atomic mass is 79.9. The van der Waals surface area contributed by atoms with Gasteiger partial charge in [-0.2, -0.15) is 0 Å². The molecule has 0 aliphatic heterocycles. The summed E-state index contributed by atoms with van der Waals surface area (Å²) in [4.78, 5) is 0. The molecule has 0 radical (unpaired) electrons. The normalized spacial score (nSPS) is 17.5. The minimum atomic E-state index is 0.485. The molecule has 8 aromatic carbocycles. The molecule has 0 fully saturated rings. The monoisotopic (exact) mass is 1770 g/mol.